The summed E-state index contributed by atoms with van der Waals surface area (Å²) in [5.74, 6) is 0.195. The van der Waals surface area contributed by atoms with Crippen molar-refractivity contribution in [2.24, 2.45) is 0 Å². The summed E-state index contributed by atoms with van der Waals surface area (Å²) in [5.41, 5.74) is 8.80. The van der Waals surface area contributed by atoms with Crippen LogP contribution >= 0.6 is 0 Å². The van der Waals surface area contributed by atoms with Gasteiger partial charge in [-0.1, -0.05) is 19.1 Å². The van der Waals surface area contributed by atoms with Crippen LogP contribution in [0.15, 0.2) is 35.5 Å². The van der Waals surface area contributed by atoms with E-state index in [1.54, 1.807) is 24.5 Å². The fourth-order valence-corrected chi connectivity index (χ4v) is 3.41. The Labute approximate surface area is 128 Å². The van der Waals surface area contributed by atoms with Crippen molar-refractivity contribution in [3.63, 3.8) is 0 Å². The summed E-state index contributed by atoms with van der Waals surface area (Å²) in [4.78, 5) is 11.7. The number of nitrogens with one attached hydrogen (secondary N) is 1. The van der Waals surface area contributed by atoms with Crippen molar-refractivity contribution in [1.82, 2.24) is 15.0 Å². The number of sulfone groups is 1. The van der Waals surface area contributed by atoms with E-state index in [1.165, 1.54) is 6.26 Å². The molecule has 0 aliphatic carbocycles. The zero-order valence-corrected chi connectivity index (χ0v) is 13.1. The van der Waals surface area contributed by atoms with Crippen LogP contribution in [0.25, 0.3) is 22.2 Å². The molecule has 2 heterocycles. The number of H-pyrrole nitrogens is 1. The van der Waals surface area contributed by atoms with Crippen LogP contribution in [0.1, 0.15) is 12.5 Å². The normalized spacial score (nSPS) is 11.9. The van der Waals surface area contributed by atoms with Crippen LogP contribution in [0, 0.1) is 0 Å². The third-order valence-electron chi connectivity index (χ3n) is 3.60. The Balaban J connectivity index is 2.33. The van der Waals surface area contributed by atoms with Gasteiger partial charge in [-0.05, 0) is 18.1 Å². The second kappa shape index (κ2) is 5.10. The fourth-order valence-electron chi connectivity index (χ4n) is 2.54. The van der Waals surface area contributed by atoms with Gasteiger partial charge in [0.2, 0.25) is 5.95 Å². The second-order valence-corrected chi connectivity index (χ2v) is 7.09. The Hall–Kier alpha value is -2.41. The summed E-state index contributed by atoms with van der Waals surface area (Å²) in [7, 11) is -3.31. The lowest BCUT2D eigenvalue weighted by molar-refractivity contribution is 0.602. The minimum atomic E-state index is -3.31. The van der Waals surface area contributed by atoms with Crippen LogP contribution < -0.4 is 5.73 Å². The molecule has 7 heteroatoms. The van der Waals surface area contributed by atoms with Gasteiger partial charge in [0, 0.05) is 29.6 Å². The maximum absolute atomic E-state index is 11.9. The molecule has 1 aromatic carbocycles. The minimum absolute atomic E-state index is 0.195. The molecule has 0 aliphatic rings. The number of rotatable bonds is 3. The molecule has 0 saturated carbocycles. The lowest BCUT2D eigenvalue weighted by atomic mass is 10.0. The SMILES string of the molecule is CCc1cnc(N)nc1-c1c[nH]c2c(S(C)(=O)=O)cccc12. The first-order chi connectivity index (χ1) is 10.4. The molecule has 3 N–H and O–H groups in total. The molecule has 0 unspecified atom stereocenters. The lowest BCUT2D eigenvalue weighted by Gasteiger charge is -2.06. The standard InChI is InChI=1S/C15H16N4O2S/c1-3-9-7-18-15(16)19-13(9)11-8-17-14-10(11)5-4-6-12(14)22(2,20)21/h4-8,17H,3H2,1-2H3,(H2,16,18,19). The highest BCUT2D eigenvalue weighted by atomic mass is 32.2. The predicted octanol–water partition coefficient (Wildman–Crippen LogP) is 2.17. The molecule has 0 aliphatic heterocycles. The van der Waals surface area contributed by atoms with Gasteiger partial charge < -0.3 is 10.7 Å². The lowest BCUT2D eigenvalue weighted by Crippen LogP contribution is -2.00. The number of aromatic amines is 1. The first-order valence-corrected chi connectivity index (χ1v) is 8.73. The molecule has 3 aromatic rings. The third kappa shape index (κ3) is 2.33. The number of benzene rings is 1. The molecular weight excluding hydrogens is 300 g/mol. The van der Waals surface area contributed by atoms with Crippen LogP contribution in [0.2, 0.25) is 0 Å². The zero-order valence-electron chi connectivity index (χ0n) is 12.3. The molecule has 2 aromatic heterocycles. The average molecular weight is 316 g/mol. The maximum Gasteiger partial charge on any atom is 0.220 e. The van der Waals surface area contributed by atoms with Gasteiger partial charge in [-0.3, -0.25) is 0 Å². The Bertz CT molecular complexity index is 961. The highest BCUT2D eigenvalue weighted by Crippen LogP contribution is 2.32. The van der Waals surface area contributed by atoms with Gasteiger partial charge in [0.25, 0.3) is 0 Å². The first kappa shape index (κ1) is 14.5. The molecule has 6 nitrogen and oxygen atoms in total. The number of anilines is 1. The fraction of sp³-hybridized carbons (Fsp3) is 0.200. The van der Waals surface area contributed by atoms with Crippen molar-refractivity contribution in [2.45, 2.75) is 18.2 Å². The van der Waals surface area contributed by atoms with E-state index in [1.807, 2.05) is 13.0 Å². The van der Waals surface area contributed by atoms with Crippen LogP contribution in [0.5, 0.6) is 0 Å². The van der Waals surface area contributed by atoms with Gasteiger partial charge in [0.1, 0.15) is 0 Å². The molecule has 0 saturated heterocycles. The molecular formula is C15H16N4O2S. The molecule has 3 rings (SSSR count). The summed E-state index contributed by atoms with van der Waals surface area (Å²) in [5, 5.41) is 0.802. The van der Waals surface area contributed by atoms with E-state index in [4.69, 9.17) is 5.73 Å². The number of hydrogen-bond donors (Lipinski definition) is 2. The number of nitrogens with two attached hydrogens (primary N) is 1. The van der Waals surface area contributed by atoms with Crippen LogP contribution in [-0.2, 0) is 16.3 Å². The molecule has 22 heavy (non-hydrogen) atoms. The van der Waals surface area contributed by atoms with E-state index in [9.17, 15) is 8.42 Å². The number of hydrogen-bond acceptors (Lipinski definition) is 5. The Kier molecular flexibility index (Phi) is 3.37. The monoisotopic (exact) mass is 316 g/mol. The molecule has 0 radical (unpaired) electrons. The highest BCUT2D eigenvalue weighted by molar-refractivity contribution is 7.91. The molecule has 0 amide bonds. The number of nitrogen functional groups attached to an aromatic ring is 1. The number of nitrogens with zero attached hydrogens (tertiary/aromatic N) is 2. The van der Waals surface area contributed by atoms with E-state index < -0.39 is 9.84 Å². The van der Waals surface area contributed by atoms with Gasteiger partial charge in [-0.2, -0.15) is 0 Å². The summed E-state index contributed by atoms with van der Waals surface area (Å²) in [6, 6.07) is 5.19. The average Bonchev–Trinajstić information content (AvgIpc) is 2.89. The molecule has 0 atom stereocenters. The molecule has 0 bridgehead atoms. The zero-order chi connectivity index (χ0) is 15.9. The second-order valence-electron chi connectivity index (χ2n) is 5.11. The smallest absolute Gasteiger partial charge is 0.220 e. The van der Waals surface area contributed by atoms with Crippen molar-refractivity contribution in [1.29, 1.82) is 0 Å². The van der Waals surface area contributed by atoms with Crippen molar-refractivity contribution >= 4 is 26.7 Å². The quantitative estimate of drug-likeness (QED) is 0.771. The minimum Gasteiger partial charge on any atom is -0.368 e. The molecule has 0 fully saturated rings. The first-order valence-electron chi connectivity index (χ1n) is 6.83. The number of para-hydroxylation sites is 1. The third-order valence-corrected chi connectivity index (χ3v) is 4.74. The number of aryl methyl sites for hydroxylation is 1. The van der Waals surface area contributed by atoms with E-state index in [-0.39, 0.29) is 10.8 Å². The van der Waals surface area contributed by atoms with Gasteiger partial charge in [-0.15, -0.1) is 0 Å². The molecule has 114 valence electrons. The molecule has 0 spiro atoms. The summed E-state index contributed by atoms with van der Waals surface area (Å²) >= 11 is 0. The Morgan fingerprint density at radius 1 is 1.32 bits per heavy atom. The number of aromatic nitrogens is 3. The van der Waals surface area contributed by atoms with Gasteiger partial charge in [0.15, 0.2) is 9.84 Å². The maximum atomic E-state index is 11.9. The highest BCUT2D eigenvalue weighted by Gasteiger charge is 2.17. The van der Waals surface area contributed by atoms with Crippen LogP contribution in [-0.4, -0.2) is 29.6 Å². The van der Waals surface area contributed by atoms with Gasteiger partial charge in [0.05, 0.1) is 16.1 Å². The van der Waals surface area contributed by atoms with Crippen molar-refractivity contribution < 1.29 is 8.42 Å². The van der Waals surface area contributed by atoms with Gasteiger partial charge >= 0.3 is 0 Å². The largest absolute Gasteiger partial charge is 0.368 e. The van der Waals surface area contributed by atoms with E-state index in [0.717, 1.165) is 28.6 Å². The Morgan fingerprint density at radius 3 is 2.77 bits per heavy atom. The van der Waals surface area contributed by atoms with Gasteiger partial charge in [-0.25, -0.2) is 18.4 Å². The van der Waals surface area contributed by atoms with Crippen LogP contribution in [0.3, 0.4) is 0 Å². The summed E-state index contributed by atoms with van der Waals surface area (Å²) in [6.07, 6.45) is 5.42. The van der Waals surface area contributed by atoms with E-state index in [2.05, 4.69) is 15.0 Å². The van der Waals surface area contributed by atoms with E-state index in [0.29, 0.717) is 5.52 Å². The Morgan fingerprint density at radius 2 is 2.09 bits per heavy atom. The summed E-state index contributed by atoms with van der Waals surface area (Å²) in [6.45, 7) is 2.01. The predicted molar refractivity (Wildman–Crippen MR) is 86.2 cm³/mol. The van der Waals surface area contributed by atoms with E-state index >= 15 is 0 Å². The van der Waals surface area contributed by atoms with Crippen molar-refractivity contribution in [2.75, 3.05) is 12.0 Å². The summed E-state index contributed by atoms with van der Waals surface area (Å²) < 4.78 is 23.8. The van der Waals surface area contributed by atoms with Crippen molar-refractivity contribution in [3.05, 3.63) is 36.2 Å². The van der Waals surface area contributed by atoms with Crippen molar-refractivity contribution in [3.8, 4) is 11.3 Å². The number of fused-ring (bicyclic) bond motifs is 1. The van der Waals surface area contributed by atoms with Crippen LogP contribution in [0.4, 0.5) is 5.95 Å². The topological polar surface area (TPSA) is 102 Å².